The van der Waals surface area contributed by atoms with Gasteiger partial charge in [0.05, 0.1) is 17.5 Å². The van der Waals surface area contributed by atoms with E-state index < -0.39 is 34.4 Å². The van der Waals surface area contributed by atoms with E-state index in [1.54, 1.807) is 29.7 Å². The lowest BCUT2D eigenvalue weighted by molar-refractivity contribution is -0.192. The number of ether oxygens (including phenoxy) is 1. The summed E-state index contributed by atoms with van der Waals surface area (Å²) in [7, 11) is -1.17. The molecule has 3 atom stereocenters. The molecule has 1 aliphatic heterocycles. The smallest absolute Gasteiger partial charge is 0.489 e. The van der Waals surface area contributed by atoms with Crippen LogP contribution in [0, 0.1) is 6.92 Å². The van der Waals surface area contributed by atoms with E-state index in [0.717, 1.165) is 22.2 Å². The predicted molar refractivity (Wildman–Crippen MR) is 143 cm³/mol. The van der Waals surface area contributed by atoms with Gasteiger partial charge in [-0.2, -0.15) is 13.2 Å². The molecule has 4 rings (SSSR count). The molecule has 41 heavy (non-hydrogen) atoms. The zero-order chi connectivity index (χ0) is 30.4. The Balaban J connectivity index is 0.000000587. The first-order valence-corrected chi connectivity index (χ1v) is 13.6. The quantitative estimate of drug-likeness (QED) is 0.238. The first kappa shape index (κ1) is 31.5. The summed E-state index contributed by atoms with van der Waals surface area (Å²) in [6.07, 6.45) is -4.84. The van der Waals surface area contributed by atoms with Crippen molar-refractivity contribution < 1.29 is 46.8 Å². The van der Waals surface area contributed by atoms with Crippen molar-refractivity contribution in [2.24, 2.45) is 0 Å². The van der Waals surface area contributed by atoms with E-state index >= 15 is 0 Å². The van der Waals surface area contributed by atoms with Crippen LogP contribution in [-0.4, -0.2) is 60.0 Å². The van der Waals surface area contributed by atoms with Gasteiger partial charge in [-0.25, -0.2) is 10.3 Å². The highest BCUT2D eigenvalue weighted by atomic mass is 32.2. The molecule has 1 aliphatic rings. The molecule has 4 N–H and O–H groups in total. The van der Waals surface area contributed by atoms with Gasteiger partial charge in [0.2, 0.25) is 5.91 Å². The first-order chi connectivity index (χ1) is 19.2. The van der Waals surface area contributed by atoms with Crippen LogP contribution in [0.25, 0.3) is 10.9 Å². The van der Waals surface area contributed by atoms with E-state index in [-0.39, 0.29) is 23.3 Å². The number of carboxylic acids is 1. The van der Waals surface area contributed by atoms with E-state index in [9.17, 15) is 27.0 Å². The molecule has 1 fully saturated rings. The van der Waals surface area contributed by atoms with Gasteiger partial charge < -0.3 is 15.2 Å². The van der Waals surface area contributed by atoms with Crippen LogP contribution in [0.3, 0.4) is 0 Å². The maximum absolute atomic E-state index is 12.9. The van der Waals surface area contributed by atoms with Crippen LogP contribution >= 0.6 is 0 Å². The minimum atomic E-state index is -5.08. The van der Waals surface area contributed by atoms with E-state index in [0.29, 0.717) is 24.3 Å². The number of fused-ring (bicyclic) bond motifs is 1. The van der Waals surface area contributed by atoms with Crippen molar-refractivity contribution in [2.45, 2.75) is 50.3 Å². The average Bonchev–Trinajstić information content (AvgIpc) is 3.18. The van der Waals surface area contributed by atoms with Crippen molar-refractivity contribution in [1.29, 1.82) is 0 Å². The Labute approximate surface area is 235 Å². The highest BCUT2D eigenvalue weighted by Crippen LogP contribution is 2.30. The Bertz CT molecular complexity index is 1450. The molecule has 0 bridgehead atoms. The Morgan fingerprint density at radius 2 is 1.78 bits per heavy atom. The summed E-state index contributed by atoms with van der Waals surface area (Å²) < 4.78 is 50.0. The molecule has 1 aromatic heterocycles. The van der Waals surface area contributed by atoms with Gasteiger partial charge >= 0.3 is 12.1 Å². The number of carbonyl (C=O) groups is 3. The molecular weight excluding hydrogens is 567 g/mol. The average molecular weight is 596 g/mol. The van der Waals surface area contributed by atoms with E-state index in [4.69, 9.17) is 19.8 Å². The van der Waals surface area contributed by atoms with Crippen molar-refractivity contribution in [3.63, 3.8) is 0 Å². The molecule has 0 saturated carbocycles. The lowest BCUT2D eigenvalue weighted by atomic mass is 9.91. The maximum atomic E-state index is 12.9. The molecular formula is C27H28F3N3O7S. The number of aryl methyl sites for hydroxylation is 1. The van der Waals surface area contributed by atoms with Gasteiger partial charge in [-0.05, 0) is 49.7 Å². The van der Waals surface area contributed by atoms with Crippen molar-refractivity contribution in [3.8, 4) is 5.75 Å². The number of aromatic nitrogens is 1. The molecule has 3 unspecified atom stereocenters. The van der Waals surface area contributed by atoms with Crippen molar-refractivity contribution >= 4 is 39.5 Å². The van der Waals surface area contributed by atoms with Crippen molar-refractivity contribution in [2.75, 3.05) is 5.75 Å². The molecule has 0 spiro atoms. The molecule has 2 aromatic carbocycles. The number of pyridine rings is 1. The third-order valence-electron chi connectivity index (χ3n) is 6.23. The third-order valence-corrected chi connectivity index (χ3v) is 8.13. The van der Waals surface area contributed by atoms with Crippen LogP contribution in [0.4, 0.5) is 13.2 Å². The molecule has 2 amide bonds. The summed E-state index contributed by atoms with van der Waals surface area (Å²) in [5.74, 6) is -2.99. The predicted octanol–water partition coefficient (Wildman–Crippen LogP) is 3.66. The summed E-state index contributed by atoms with van der Waals surface area (Å²) in [4.78, 5) is 38.2. The van der Waals surface area contributed by atoms with Crippen molar-refractivity contribution in [1.82, 2.24) is 15.8 Å². The second-order valence-corrected chi connectivity index (χ2v) is 11.4. The molecule has 3 aromatic rings. The summed E-state index contributed by atoms with van der Waals surface area (Å²) in [5, 5.41) is 19.8. The highest BCUT2D eigenvalue weighted by Gasteiger charge is 2.45. The Morgan fingerprint density at radius 1 is 1.15 bits per heavy atom. The van der Waals surface area contributed by atoms with Gasteiger partial charge in [0.1, 0.15) is 12.4 Å². The fourth-order valence-corrected chi connectivity index (χ4v) is 6.04. The molecule has 10 nitrogen and oxygen atoms in total. The molecule has 220 valence electrons. The zero-order valence-corrected chi connectivity index (χ0v) is 22.8. The number of rotatable bonds is 7. The largest absolute Gasteiger partial charge is 0.490 e. The standard InChI is InChI=1S/C25H27N3O5S.C2HF3O2/c1-16-11-19(21-5-3-4-6-22(21)26-16)14-33-20-9-7-18(8-10-20)24(30)27-25(13-23(29)28-31)12-17(2)34(32)15-25;3-2(4,5)1(6)7/h3-11,17,31H,12-15H2,1-2H3,(H,27,30)(H,28,29);(H,6,7). The summed E-state index contributed by atoms with van der Waals surface area (Å²) >= 11 is 0. The van der Waals surface area contributed by atoms with Gasteiger partial charge in [-0.3, -0.25) is 24.0 Å². The molecule has 1 saturated heterocycles. The van der Waals surface area contributed by atoms with Gasteiger partial charge in [0.15, 0.2) is 0 Å². The second-order valence-electron chi connectivity index (χ2n) is 9.54. The van der Waals surface area contributed by atoms with E-state index in [1.165, 1.54) is 0 Å². The number of amides is 2. The minimum absolute atomic E-state index is 0.147. The number of hydrogen-bond donors (Lipinski definition) is 4. The van der Waals surface area contributed by atoms with Crippen LogP contribution < -0.4 is 15.5 Å². The summed E-state index contributed by atoms with van der Waals surface area (Å²) in [6, 6.07) is 16.6. The van der Waals surface area contributed by atoms with Crippen LogP contribution in [0.1, 0.15) is 41.4 Å². The lowest BCUT2D eigenvalue weighted by Crippen LogP contribution is -2.52. The zero-order valence-electron chi connectivity index (χ0n) is 22.0. The number of halogens is 3. The monoisotopic (exact) mass is 595 g/mol. The molecule has 2 heterocycles. The number of nitrogens with one attached hydrogen (secondary N) is 2. The van der Waals surface area contributed by atoms with Gasteiger partial charge in [0.25, 0.3) is 5.91 Å². The van der Waals surface area contributed by atoms with E-state index in [1.807, 2.05) is 44.2 Å². The van der Waals surface area contributed by atoms with E-state index in [2.05, 4.69) is 10.3 Å². The topological polar surface area (TPSA) is 155 Å². The first-order valence-electron chi connectivity index (χ1n) is 12.2. The number of carbonyl (C=O) groups excluding carboxylic acids is 2. The molecule has 14 heteroatoms. The normalized spacial score (nSPS) is 20.0. The fraction of sp³-hybridized carbons (Fsp3) is 0.333. The SMILES string of the molecule is Cc1cc(COc2ccc(C(=O)NC3(CC(=O)NO)CC(C)S(=O)C3)cc2)c2ccccc2n1.O=C(O)C(F)(F)F. The summed E-state index contributed by atoms with van der Waals surface area (Å²) in [5.41, 5.74) is 3.88. The summed E-state index contributed by atoms with van der Waals surface area (Å²) in [6.45, 7) is 4.12. The van der Waals surface area contributed by atoms with Gasteiger partial charge in [-0.1, -0.05) is 25.1 Å². The number of benzene rings is 2. The van der Waals surface area contributed by atoms with Crippen LogP contribution in [0.15, 0.2) is 54.6 Å². The number of alkyl halides is 3. The Morgan fingerprint density at radius 3 is 2.34 bits per heavy atom. The Kier molecular flexibility index (Phi) is 10.0. The highest BCUT2D eigenvalue weighted by molar-refractivity contribution is 7.86. The number of carboxylic acid groups (broad SMARTS) is 1. The number of para-hydroxylation sites is 1. The second kappa shape index (κ2) is 13.1. The minimum Gasteiger partial charge on any atom is -0.489 e. The lowest BCUT2D eigenvalue weighted by Gasteiger charge is -2.28. The Hall–Kier alpha value is -4.04. The number of hydrogen-bond acceptors (Lipinski definition) is 7. The van der Waals surface area contributed by atoms with Gasteiger partial charge in [0, 0.05) is 44.0 Å². The van der Waals surface area contributed by atoms with Gasteiger partial charge in [-0.15, -0.1) is 0 Å². The number of aliphatic carboxylic acids is 1. The van der Waals surface area contributed by atoms with Crippen LogP contribution in [0.5, 0.6) is 5.75 Å². The third kappa shape index (κ3) is 8.47. The number of nitrogens with zero attached hydrogens (tertiary/aromatic N) is 1. The van der Waals surface area contributed by atoms with Crippen LogP contribution in [-0.2, 0) is 27.0 Å². The maximum Gasteiger partial charge on any atom is 0.490 e. The molecule has 0 aliphatic carbocycles. The number of hydroxylamine groups is 1. The van der Waals surface area contributed by atoms with Crippen molar-refractivity contribution in [3.05, 3.63) is 71.4 Å². The van der Waals surface area contributed by atoms with Crippen LogP contribution in [0.2, 0.25) is 0 Å². The molecule has 0 radical (unpaired) electrons. The fourth-order valence-electron chi connectivity index (χ4n) is 4.41.